The second-order valence-corrected chi connectivity index (χ2v) is 4.30. The number of nitrogens with zero attached hydrogens (tertiary/aromatic N) is 2. The van der Waals surface area contributed by atoms with Gasteiger partial charge in [0.2, 0.25) is 5.91 Å². The van der Waals surface area contributed by atoms with Crippen molar-refractivity contribution in [3.63, 3.8) is 0 Å². The number of benzene rings is 1. The zero-order valence-electron chi connectivity index (χ0n) is 12.0. The Kier molecular flexibility index (Phi) is 5.65. The van der Waals surface area contributed by atoms with E-state index in [1.807, 2.05) is 0 Å². The first-order valence-corrected chi connectivity index (χ1v) is 6.50. The number of anilines is 1. The molecule has 1 aromatic carbocycles. The Balaban J connectivity index is 2.97. The van der Waals surface area contributed by atoms with E-state index in [4.69, 9.17) is 5.73 Å². The number of likely N-dealkylation sites (N-methyl/N-ethyl adjacent to an activating group) is 2. The van der Waals surface area contributed by atoms with Crippen LogP contribution in [0.25, 0.3) is 0 Å². The standard InChI is InChI=1S/C13H18N4O4/c1-3-15-12(18)8-16(4-2)13(19)9-5-6-10(14)11(7-9)17(20)21/h5-7H,3-4,8,14H2,1-2H3,(H,15,18). The molecule has 114 valence electrons. The molecule has 0 aliphatic rings. The largest absolute Gasteiger partial charge is 0.393 e. The third kappa shape index (κ3) is 4.16. The number of rotatable bonds is 6. The number of nitrogens with two attached hydrogens (primary N) is 1. The van der Waals surface area contributed by atoms with Gasteiger partial charge in [0.25, 0.3) is 11.6 Å². The second-order valence-electron chi connectivity index (χ2n) is 4.30. The van der Waals surface area contributed by atoms with E-state index < -0.39 is 10.8 Å². The van der Waals surface area contributed by atoms with E-state index in [0.717, 1.165) is 6.07 Å². The highest BCUT2D eigenvalue weighted by atomic mass is 16.6. The number of hydrogen-bond acceptors (Lipinski definition) is 5. The van der Waals surface area contributed by atoms with Gasteiger partial charge in [0.1, 0.15) is 5.69 Å². The first-order chi connectivity index (χ1) is 9.90. The summed E-state index contributed by atoms with van der Waals surface area (Å²) in [5.74, 6) is -0.732. The van der Waals surface area contributed by atoms with Gasteiger partial charge in [-0.2, -0.15) is 0 Å². The van der Waals surface area contributed by atoms with Gasteiger partial charge in [-0.05, 0) is 26.0 Å². The van der Waals surface area contributed by atoms with Crippen molar-refractivity contribution >= 4 is 23.2 Å². The van der Waals surface area contributed by atoms with Gasteiger partial charge >= 0.3 is 0 Å². The third-order valence-corrected chi connectivity index (χ3v) is 2.85. The summed E-state index contributed by atoms with van der Waals surface area (Å²) in [7, 11) is 0. The van der Waals surface area contributed by atoms with Crippen LogP contribution in [0.15, 0.2) is 18.2 Å². The molecule has 0 atom stereocenters. The molecular formula is C13H18N4O4. The first kappa shape index (κ1) is 16.4. The predicted octanol–water partition coefficient (Wildman–Crippen LogP) is 0.775. The lowest BCUT2D eigenvalue weighted by Crippen LogP contribution is -2.40. The Hall–Kier alpha value is -2.64. The fraction of sp³-hybridized carbons (Fsp3) is 0.385. The normalized spacial score (nSPS) is 10.0. The molecule has 0 aliphatic heterocycles. The molecule has 21 heavy (non-hydrogen) atoms. The smallest absolute Gasteiger partial charge is 0.292 e. The van der Waals surface area contributed by atoms with Gasteiger partial charge in [-0.15, -0.1) is 0 Å². The van der Waals surface area contributed by atoms with E-state index in [-0.39, 0.29) is 29.4 Å². The van der Waals surface area contributed by atoms with Crippen molar-refractivity contribution in [3.8, 4) is 0 Å². The molecule has 0 saturated heterocycles. The van der Waals surface area contributed by atoms with Gasteiger partial charge in [-0.3, -0.25) is 19.7 Å². The van der Waals surface area contributed by atoms with Crippen LogP contribution in [0.4, 0.5) is 11.4 Å². The topological polar surface area (TPSA) is 119 Å². The number of nitro groups is 1. The van der Waals surface area contributed by atoms with Gasteiger partial charge in [0.05, 0.1) is 11.5 Å². The van der Waals surface area contributed by atoms with E-state index in [9.17, 15) is 19.7 Å². The molecular weight excluding hydrogens is 276 g/mol. The predicted molar refractivity (Wildman–Crippen MR) is 77.8 cm³/mol. The molecule has 1 rings (SSSR count). The summed E-state index contributed by atoms with van der Waals surface area (Å²) in [6.07, 6.45) is 0. The van der Waals surface area contributed by atoms with Crippen molar-refractivity contribution < 1.29 is 14.5 Å². The average molecular weight is 294 g/mol. The molecule has 0 radical (unpaired) electrons. The van der Waals surface area contributed by atoms with Crippen LogP contribution in [-0.2, 0) is 4.79 Å². The minimum Gasteiger partial charge on any atom is -0.393 e. The van der Waals surface area contributed by atoms with Crippen LogP contribution >= 0.6 is 0 Å². The lowest BCUT2D eigenvalue weighted by molar-refractivity contribution is -0.383. The van der Waals surface area contributed by atoms with E-state index in [1.54, 1.807) is 13.8 Å². The molecule has 2 amide bonds. The van der Waals surface area contributed by atoms with Gasteiger partial charge < -0.3 is 16.0 Å². The fourth-order valence-electron chi connectivity index (χ4n) is 1.77. The maximum atomic E-state index is 12.3. The highest BCUT2D eigenvalue weighted by Crippen LogP contribution is 2.23. The Morgan fingerprint density at radius 1 is 1.38 bits per heavy atom. The minimum absolute atomic E-state index is 0.0108. The molecule has 0 aromatic heterocycles. The van der Waals surface area contributed by atoms with Crippen LogP contribution in [0.5, 0.6) is 0 Å². The molecule has 0 fully saturated rings. The molecule has 3 N–H and O–H groups in total. The lowest BCUT2D eigenvalue weighted by atomic mass is 10.1. The zero-order valence-corrected chi connectivity index (χ0v) is 12.0. The summed E-state index contributed by atoms with van der Waals surface area (Å²) >= 11 is 0. The Morgan fingerprint density at radius 2 is 2.05 bits per heavy atom. The van der Waals surface area contributed by atoms with Crippen LogP contribution in [0, 0.1) is 10.1 Å². The minimum atomic E-state index is -0.647. The summed E-state index contributed by atoms with van der Waals surface area (Å²) < 4.78 is 0. The molecule has 0 unspecified atom stereocenters. The zero-order chi connectivity index (χ0) is 16.0. The fourth-order valence-corrected chi connectivity index (χ4v) is 1.77. The van der Waals surface area contributed by atoms with Crippen molar-refractivity contribution in [1.29, 1.82) is 0 Å². The number of nitrogen functional groups attached to an aromatic ring is 1. The molecule has 0 bridgehead atoms. The summed E-state index contributed by atoms with van der Waals surface area (Å²) in [6.45, 7) is 4.19. The molecule has 0 heterocycles. The van der Waals surface area contributed by atoms with Crippen molar-refractivity contribution in [2.75, 3.05) is 25.4 Å². The Morgan fingerprint density at radius 3 is 2.57 bits per heavy atom. The van der Waals surface area contributed by atoms with Gasteiger partial charge in [-0.25, -0.2) is 0 Å². The Labute approximate surface area is 122 Å². The molecule has 8 heteroatoms. The summed E-state index contributed by atoms with van der Waals surface area (Å²) in [6, 6.07) is 3.84. The first-order valence-electron chi connectivity index (χ1n) is 6.50. The van der Waals surface area contributed by atoms with Crippen molar-refractivity contribution in [3.05, 3.63) is 33.9 Å². The monoisotopic (exact) mass is 294 g/mol. The van der Waals surface area contributed by atoms with Gasteiger partial charge in [0, 0.05) is 24.7 Å². The molecule has 8 nitrogen and oxygen atoms in total. The number of carbonyl (C=O) groups excluding carboxylic acids is 2. The maximum Gasteiger partial charge on any atom is 0.292 e. The maximum absolute atomic E-state index is 12.3. The van der Waals surface area contributed by atoms with Crippen LogP contribution in [0.1, 0.15) is 24.2 Å². The number of nitro benzene ring substituents is 1. The van der Waals surface area contributed by atoms with Crippen LogP contribution in [0.3, 0.4) is 0 Å². The average Bonchev–Trinajstić information content (AvgIpc) is 2.44. The van der Waals surface area contributed by atoms with E-state index >= 15 is 0 Å². The van der Waals surface area contributed by atoms with Crippen molar-refractivity contribution in [1.82, 2.24) is 10.2 Å². The van der Waals surface area contributed by atoms with E-state index in [2.05, 4.69) is 5.32 Å². The quantitative estimate of drug-likeness (QED) is 0.456. The second kappa shape index (κ2) is 7.22. The van der Waals surface area contributed by atoms with Crippen LogP contribution in [0.2, 0.25) is 0 Å². The van der Waals surface area contributed by atoms with E-state index in [0.29, 0.717) is 13.1 Å². The van der Waals surface area contributed by atoms with Crippen LogP contribution in [-0.4, -0.2) is 41.3 Å². The van der Waals surface area contributed by atoms with E-state index in [1.165, 1.54) is 17.0 Å². The summed E-state index contributed by atoms with van der Waals surface area (Å²) in [5.41, 5.74) is 5.28. The number of nitrogens with one attached hydrogen (secondary N) is 1. The molecule has 0 spiro atoms. The number of carbonyl (C=O) groups is 2. The highest BCUT2D eigenvalue weighted by molar-refractivity contribution is 5.97. The number of amides is 2. The molecule has 0 aliphatic carbocycles. The third-order valence-electron chi connectivity index (χ3n) is 2.85. The summed E-state index contributed by atoms with van der Waals surface area (Å²) in [4.78, 5) is 35.3. The SMILES string of the molecule is CCNC(=O)CN(CC)C(=O)c1ccc(N)c([N+](=O)[O-])c1. The molecule has 1 aromatic rings. The molecule has 0 saturated carbocycles. The van der Waals surface area contributed by atoms with Crippen molar-refractivity contribution in [2.45, 2.75) is 13.8 Å². The van der Waals surface area contributed by atoms with Gasteiger partial charge in [-0.1, -0.05) is 0 Å². The highest BCUT2D eigenvalue weighted by Gasteiger charge is 2.20. The Bertz CT molecular complexity index is 559. The summed E-state index contributed by atoms with van der Waals surface area (Å²) in [5, 5.41) is 13.4. The van der Waals surface area contributed by atoms with Crippen LogP contribution < -0.4 is 11.1 Å². The van der Waals surface area contributed by atoms with Crippen molar-refractivity contribution in [2.24, 2.45) is 0 Å². The lowest BCUT2D eigenvalue weighted by Gasteiger charge is -2.20. The van der Waals surface area contributed by atoms with Gasteiger partial charge in [0.15, 0.2) is 0 Å². The number of hydrogen-bond donors (Lipinski definition) is 2.